The van der Waals surface area contributed by atoms with E-state index in [0.717, 1.165) is 37.8 Å². The van der Waals surface area contributed by atoms with Crippen molar-refractivity contribution < 1.29 is 9.32 Å². The first kappa shape index (κ1) is 17.2. The van der Waals surface area contributed by atoms with Crippen LogP contribution >= 0.6 is 0 Å². The van der Waals surface area contributed by atoms with Crippen molar-refractivity contribution in [2.24, 2.45) is 5.92 Å². The fourth-order valence-electron chi connectivity index (χ4n) is 3.46. The van der Waals surface area contributed by atoms with Crippen molar-refractivity contribution >= 4 is 6.29 Å². The minimum absolute atomic E-state index is 0.249. The zero-order valence-corrected chi connectivity index (χ0v) is 13.9. The number of hydrogen-bond acceptors (Lipinski definition) is 3. The second-order valence-electron chi connectivity index (χ2n) is 6.80. The maximum Gasteiger partial charge on any atom is 0.127 e. The highest BCUT2D eigenvalue weighted by Crippen LogP contribution is 2.20. The van der Waals surface area contributed by atoms with Crippen molar-refractivity contribution in [3.05, 3.63) is 17.5 Å². The monoisotopic (exact) mass is 305 g/mol. The number of aromatic nitrogens is 1. The van der Waals surface area contributed by atoms with Crippen LogP contribution in [0.4, 0.5) is 0 Å². The molecule has 0 spiro atoms. The first-order chi connectivity index (χ1) is 10.9. The van der Waals surface area contributed by atoms with Gasteiger partial charge >= 0.3 is 0 Å². The highest BCUT2D eigenvalue weighted by molar-refractivity contribution is 5.53. The van der Waals surface area contributed by atoms with E-state index in [2.05, 4.69) is 5.16 Å². The van der Waals surface area contributed by atoms with E-state index in [1.807, 2.05) is 0 Å². The topological polar surface area (TPSA) is 43.1 Å². The third-order valence-electron chi connectivity index (χ3n) is 4.93. The largest absolute Gasteiger partial charge is 0.364 e. The Labute approximate surface area is 134 Å². The van der Waals surface area contributed by atoms with E-state index in [0.29, 0.717) is 0 Å². The van der Waals surface area contributed by atoms with Crippen LogP contribution in [0.25, 0.3) is 0 Å². The van der Waals surface area contributed by atoms with Crippen molar-refractivity contribution in [3.8, 4) is 0 Å². The second kappa shape index (κ2) is 10.6. The summed E-state index contributed by atoms with van der Waals surface area (Å²) in [6, 6.07) is 0. The van der Waals surface area contributed by atoms with Gasteiger partial charge in [-0.2, -0.15) is 0 Å². The molecular weight excluding hydrogens is 274 g/mol. The van der Waals surface area contributed by atoms with Gasteiger partial charge in [0.15, 0.2) is 0 Å². The van der Waals surface area contributed by atoms with E-state index in [9.17, 15) is 4.79 Å². The average Bonchev–Trinajstić information content (AvgIpc) is 2.97. The Hall–Kier alpha value is -1.12. The minimum Gasteiger partial charge on any atom is -0.364 e. The number of aryl methyl sites for hydroxylation is 2. The molecule has 0 saturated carbocycles. The normalized spacial score (nSPS) is 23.4. The SMILES string of the molecule is O=CC1CCCCCCCCCCCc2nocc2CCC1. The van der Waals surface area contributed by atoms with Crippen LogP contribution in [0.15, 0.2) is 10.8 Å². The summed E-state index contributed by atoms with van der Waals surface area (Å²) in [5.74, 6) is 0.249. The summed E-state index contributed by atoms with van der Waals surface area (Å²) in [7, 11) is 0. The standard InChI is InChI=1S/C19H31NO2/c21-15-17-11-8-6-4-2-1-3-5-7-9-14-19-18(13-10-12-17)16-22-20-19/h15-17H,1-14H2. The molecule has 3 heteroatoms. The summed E-state index contributed by atoms with van der Waals surface area (Å²) < 4.78 is 5.16. The zero-order valence-electron chi connectivity index (χ0n) is 13.9. The lowest BCUT2D eigenvalue weighted by Crippen LogP contribution is -2.03. The molecule has 0 bridgehead atoms. The van der Waals surface area contributed by atoms with Gasteiger partial charge in [-0.15, -0.1) is 0 Å². The van der Waals surface area contributed by atoms with E-state index in [4.69, 9.17) is 4.52 Å². The number of carbonyl (C=O) groups is 1. The summed E-state index contributed by atoms with van der Waals surface area (Å²) in [6.07, 6.45) is 20.0. The molecule has 1 aromatic heterocycles. The molecule has 0 aliphatic heterocycles. The number of hydrogen-bond donors (Lipinski definition) is 0. The van der Waals surface area contributed by atoms with E-state index in [-0.39, 0.29) is 5.92 Å². The van der Waals surface area contributed by atoms with E-state index in [1.54, 1.807) is 6.26 Å². The van der Waals surface area contributed by atoms with Crippen LogP contribution in [-0.2, 0) is 17.6 Å². The van der Waals surface area contributed by atoms with Crippen LogP contribution in [0.2, 0.25) is 0 Å². The van der Waals surface area contributed by atoms with E-state index >= 15 is 0 Å². The van der Waals surface area contributed by atoms with Crippen molar-refractivity contribution in [1.29, 1.82) is 0 Å². The molecular formula is C19H31NO2. The molecule has 1 aliphatic carbocycles. The molecule has 1 aromatic rings. The van der Waals surface area contributed by atoms with Crippen LogP contribution in [0.1, 0.15) is 88.3 Å². The molecule has 2 rings (SSSR count). The molecule has 22 heavy (non-hydrogen) atoms. The van der Waals surface area contributed by atoms with Gasteiger partial charge in [0, 0.05) is 11.5 Å². The maximum atomic E-state index is 11.2. The van der Waals surface area contributed by atoms with Crippen molar-refractivity contribution in [1.82, 2.24) is 5.16 Å². The average molecular weight is 305 g/mol. The first-order valence-corrected chi connectivity index (χ1v) is 9.27. The van der Waals surface area contributed by atoms with Gasteiger partial charge in [0.05, 0.1) is 5.69 Å². The third-order valence-corrected chi connectivity index (χ3v) is 4.93. The highest BCUT2D eigenvalue weighted by Gasteiger charge is 2.11. The Balaban J connectivity index is 1.85. The number of rotatable bonds is 1. The Kier molecular flexibility index (Phi) is 8.29. The molecule has 1 heterocycles. The predicted octanol–water partition coefficient (Wildman–Crippen LogP) is 5.27. The van der Waals surface area contributed by atoms with Gasteiger partial charge in [0.2, 0.25) is 0 Å². The summed E-state index contributed by atoms with van der Waals surface area (Å²) in [5, 5.41) is 4.17. The van der Waals surface area contributed by atoms with Gasteiger partial charge in [-0.3, -0.25) is 0 Å². The number of carbonyl (C=O) groups excluding carboxylic acids is 1. The van der Waals surface area contributed by atoms with Gasteiger partial charge in [0.25, 0.3) is 0 Å². The molecule has 0 aromatic carbocycles. The predicted molar refractivity (Wildman–Crippen MR) is 88.9 cm³/mol. The lowest BCUT2D eigenvalue weighted by molar-refractivity contribution is -0.111. The molecule has 0 amide bonds. The smallest absolute Gasteiger partial charge is 0.127 e. The summed E-state index contributed by atoms with van der Waals surface area (Å²) >= 11 is 0. The molecule has 0 fully saturated rings. The molecule has 0 N–H and O–H groups in total. The lowest BCUT2D eigenvalue weighted by Gasteiger charge is -2.09. The third kappa shape index (κ3) is 6.33. The summed E-state index contributed by atoms with van der Waals surface area (Å²) in [5.41, 5.74) is 2.40. The summed E-state index contributed by atoms with van der Waals surface area (Å²) in [4.78, 5) is 11.2. The van der Waals surface area contributed by atoms with Gasteiger partial charge in [0.1, 0.15) is 12.5 Å². The Morgan fingerprint density at radius 2 is 1.50 bits per heavy atom. The maximum absolute atomic E-state index is 11.2. The van der Waals surface area contributed by atoms with Crippen molar-refractivity contribution in [2.75, 3.05) is 0 Å². The lowest BCUT2D eigenvalue weighted by atomic mass is 9.95. The van der Waals surface area contributed by atoms with Crippen molar-refractivity contribution in [3.63, 3.8) is 0 Å². The zero-order chi connectivity index (χ0) is 15.5. The van der Waals surface area contributed by atoms with Crippen LogP contribution in [0, 0.1) is 5.92 Å². The number of nitrogens with zero attached hydrogens (tertiary/aromatic N) is 1. The van der Waals surface area contributed by atoms with E-state index in [1.165, 1.54) is 69.6 Å². The molecule has 1 atom stereocenters. The van der Waals surface area contributed by atoms with Gasteiger partial charge < -0.3 is 9.32 Å². The van der Waals surface area contributed by atoms with Gasteiger partial charge in [-0.1, -0.05) is 56.5 Å². The Morgan fingerprint density at radius 3 is 2.23 bits per heavy atom. The Bertz CT molecular complexity index is 413. The van der Waals surface area contributed by atoms with Crippen LogP contribution in [-0.4, -0.2) is 11.4 Å². The van der Waals surface area contributed by atoms with Crippen LogP contribution < -0.4 is 0 Å². The first-order valence-electron chi connectivity index (χ1n) is 9.27. The molecule has 1 unspecified atom stereocenters. The molecule has 124 valence electrons. The fourth-order valence-corrected chi connectivity index (χ4v) is 3.46. The highest BCUT2D eigenvalue weighted by atomic mass is 16.5. The number of fused-ring (bicyclic) bond motifs is 1. The molecule has 0 saturated heterocycles. The molecule has 1 aliphatic rings. The van der Waals surface area contributed by atoms with Gasteiger partial charge in [-0.25, -0.2) is 0 Å². The summed E-state index contributed by atoms with van der Waals surface area (Å²) in [6.45, 7) is 0. The minimum atomic E-state index is 0.249. The van der Waals surface area contributed by atoms with Gasteiger partial charge in [-0.05, 0) is 38.5 Å². The Morgan fingerprint density at radius 1 is 0.864 bits per heavy atom. The number of aldehydes is 1. The second-order valence-corrected chi connectivity index (χ2v) is 6.80. The fraction of sp³-hybridized carbons (Fsp3) is 0.789. The van der Waals surface area contributed by atoms with Crippen LogP contribution in [0.5, 0.6) is 0 Å². The molecule has 0 radical (unpaired) electrons. The quantitative estimate of drug-likeness (QED) is 0.664. The van der Waals surface area contributed by atoms with Crippen molar-refractivity contribution in [2.45, 2.75) is 89.9 Å². The van der Waals surface area contributed by atoms with E-state index < -0.39 is 0 Å². The van der Waals surface area contributed by atoms with Crippen LogP contribution in [0.3, 0.4) is 0 Å². The molecule has 3 nitrogen and oxygen atoms in total.